The Hall–Kier alpha value is -1.26. The molecule has 3 rings (SSSR count). The topological polar surface area (TPSA) is 57.6 Å². The molecule has 1 saturated carbocycles. The molecular weight excluding hydrogens is 349 g/mol. The van der Waals surface area contributed by atoms with Gasteiger partial charge in [-0.05, 0) is 49.3 Å². The van der Waals surface area contributed by atoms with Gasteiger partial charge in [-0.25, -0.2) is 0 Å². The molecule has 130 valence electrons. The van der Waals surface area contributed by atoms with Gasteiger partial charge in [0.1, 0.15) is 0 Å². The van der Waals surface area contributed by atoms with E-state index in [1.165, 1.54) is 0 Å². The fourth-order valence-corrected chi connectivity index (χ4v) is 4.14. The zero-order chi connectivity index (χ0) is 17.3. The summed E-state index contributed by atoms with van der Waals surface area (Å²) in [5, 5.41) is 9.89. The van der Waals surface area contributed by atoms with Crippen molar-refractivity contribution in [3.63, 3.8) is 0 Å². The van der Waals surface area contributed by atoms with Crippen molar-refractivity contribution in [1.29, 1.82) is 0 Å². The molecule has 1 aromatic carbocycles. The smallest absolute Gasteiger partial charge is 0.303 e. The lowest BCUT2D eigenvalue weighted by Crippen LogP contribution is -2.53. The summed E-state index contributed by atoms with van der Waals surface area (Å²) < 4.78 is 0. The molecule has 1 aromatic rings. The van der Waals surface area contributed by atoms with Gasteiger partial charge in [-0.1, -0.05) is 35.7 Å². The fourth-order valence-electron chi connectivity index (χ4n) is 3.84. The van der Waals surface area contributed by atoms with Crippen LogP contribution in [0.4, 0.5) is 0 Å². The van der Waals surface area contributed by atoms with Crippen LogP contribution in [0, 0.1) is 5.92 Å². The number of rotatable bonds is 4. The number of likely N-dealkylation sites (tertiary alicyclic amines) is 1. The quantitative estimate of drug-likeness (QED) is 0.867. The van der Waals surface area contributed by atoms with E-state index in [-0.39, 0.29) is 18.2 Å². The van der Waals surface area contributed by atoms with Gasteiger partial charge >= 0.3 is 5.97 Å². The highest BCUT2D eigenvalue weighted by Gasteiger charge is 2.48. The van der Waals surface area contributed by atoms with Gasteiger partial charge in [0, 0.05) is 19.5 Å². The van der Waals surface area contributed by atoms with E-state index in [1.807, 2.05) is 17.0 Å². The summed E-state index contributed by atoms with van der Waals surface area (Å²) in [5.41, 5.74) is 0.467. The number of piperidine rings is 1. The standard InChI is InChI=1S/C18H21Cl2NO3/c19-14-3-2-13(11-15(14)20)18(6-1-7-18)17(24)21-8-4-12(5-9-21)10-16(22)23/h2-3,11-12H,1,4-10H2,(H,22,23). The summed E-state index contributed by atoms with van der Waals surface area (Å²) in [4.78, 5) is 25.9. The first-order chi connectivity index (χ1) is 11.4. The molecule has 24 heavy (non-hydrogen) atoms. The molecule has 1 amide bonds. The highest BCUT2D eigenvalue weighted by Crippen LogP contribution is 2.46. The van der Waals surface area contributed by atoms with E-state index in [4.69, 9.17) is 28.3 Å². The van der Waals surface area contributed by atoms with Crippen molar-refractivity contribution >= 4 is 35.1 Å². The van der Waals surface area contributed by atoms with Crippen LogP contribution < -0.4 is 0 Å². The van der Waals surface area contributed by atoms with Gasteiger partial charge in [-0.15, -0.1) is 0 Å². The molecule has 0 atom stereocenters. The van der Waals surface area contributed by atoms with Crippen LogP contribution in [0.3, 0.4) is 0 Å². The molecule has 2 aliphatic rings. The van der Waals surface area contributed by atoms with Gasteiger partial charge in [0.2, 0.25) is 5.91 Å². The Morgan fingerprint density at radius 3 is 2.33 bits per heavy atom. The predicted octanol–water partition coefficient (Wildman–Crippen LogP) is 4.13. The highest BCUT2D eigenvalue weighted by atomic mass is 35.5. The van der Waals surface area contributed by atoms with Gasteiger partial charge in [0.15, 0.2) is 0 Å². The Labute approximate surface area is 151 Å². The minimum atomic E-state index is -0.758. The fraction of sp³-hybridized carbons (Fsp3) is 0.556. The number of hydrogen-bond acceptors (Lipinski definition) is 2. The van der Waals surface area contributed by atoms with Gasteiger partial charge in [0.25, 0.3) is 0 Å². The van der Waals surface area contributed by atoms with Crippen molar-refractivity contribution in [1.82, 2.24) is 4.90 Å². The minimum absolute atomic E-state index is 0.154. The van der Waals surface area contributed by atoms with Crippen molar-refractivity contribution in [2.45, 2.75) is 43.9 Å². The van der Waals surface area contributed by atoms with Crippen LogP contribution in [-0.4, -0.2) is 35.0 Å². The molecule has 1 aliphatic carbocycles. The molecule has 0 spiro atoms. The lowest BCUT2D eigenvalue weighted by Gasteiger charge is -2.45. The molecule has 0 radical (unpaired) electrons. The van der Waals surface area contributed by atoms with Crippen LogP contribution in [-0.2, 0) is 15.0 Å². The Kier molecular flexibility index (Phi) is 5.07. The summed E-state index contributed by atoms with van der Waals surface area (Å²) in [6, 6.07) is 5.48. The lowest BCUT2D eigenvalue weighted by atomic mass is 9.63. The zero-order valence-electron chi connectivity index (χ0n) is 13.4. The van der Waals surface area contributed by atoms with Crippen LogP contribution in [0.15, 0.2) is 18.2 Å². The van der Waals surface area contributed by atoms with Crippen LogP contribution in [0.5, 0.6) is 0 Å². The van der Waals surface area contributed by atoms with Crippen LogP contribution >= 0.6 is 23.2 Å². The first-order valence-electron chi connectivity index (χ1n) is 8.39. The summed E-state index contributed by atoms with van der Waals surface area (Å²) in [7, 11) is 0. The number of hydrogen-bond donors (Lipinski definition) is 1. The third-order valence-electron chi connectivity index (χ3n) is 5.45. The molecule has 1 heterocycles. The van der Waals surface area contributed by atoms with Crippen molar-refractivity contribution in [2.24, 2.45) is 5.92 Å². The normalized spacial score (nSPS) is 20.5. The van der Waals surface area contributed by atoms with Crippen molar-refractivity contribution in [3.8, 4) is 0 Å². The second kappa shape index (κ2) is 6.93. The van der Waals surface area contributed by atoms with Gasteiger partial charge in [0.05, 0.1) is 15.5 Å². The maximum atomic E-state index is 13.2. The number of carboxylic acid groups (broad SMARTS) is 1. The monoisotopic (exact) mass is 369 g/mol. The van der Waals surface area contributed by atoms with Gasteiger partial charge in [-0.3, -0.25) is 9.59 Å². The maximum absolute atomic E-state index is 13.2. The van der Waals surface area contributed by atoms with E-state index in [0.29, 0.717) is 23.1 Å². The van der Waals surface area contributed by atoms with Crippen molar-refractivity contribution in [2.75, 3.05) is 13.1 Å². The second-order valence-corrected chi connectivity index (χ2v) is 7.71. The maximum Gasteiger partial charge on any atom is 0.303 e. The number of nitrogens with zero attached hydrogens (tertiary/aromatic N) is 1. The first kappa shape index (κ1) is 17.6. The van der Waals surface area contributed by atoms with Gasteiger partial charge in [-0.2, -0.15) is 0 Å². The average Bonchev–Trinajstić information content (AvgIpc) is 2.50. The summed E-state index contributed by atoms with van der Waals surface area (Å²) in [6.07, 6.45) is 4.41. The van der Waals surface area contributed by atoms with E-state index in [0.717, 1.165) is 37.7 Å². The largest absolute Gasteiger partial charge is 0.481 e. The van der Waals surface area contributed by atoms with Crippen molar-refractivity contribution < 1.29 is 14.7 Å². The number of carbonyl (C=O) groups excluding carboxylic acids is 1. The van der Waals surface area contributed by atoms with E-state index in [1.54, 1.807) is 6.07 Å². The van der Waals surface area contributed by atoms with E-state index < -0.39 is 11.4 Å². The molecule has 1 aliphatic heterocycles. The third kappa shape index (κ3) is 3.27. The van der Waals surface area contributed by atoms with E-state index in [9.17, 15) is 9.59 Å². The number of carboxylic acids is 1. The Morgan fingerprint density at radius 1 is 1.17 bits per heavy atom. The lowest BCUT2D eigenvalue weighted by molar-refractivity contribution is -0.143. The van der Waals surface area contributed by atoms with Crippen LogP contribution in [0.25, 0.3) is 0 Å². The highest BCUT2D eigenvalue weighted by molar-refractivity contribution is 6.42. The Morgan fingerprint density at radius 2 is 1.83 bits per heavy atom. The molecule has 1 saturated heterocycles. The molecule has 1 N–H and O–H groups in total. The van der Waals surface area contributed by atoms with Crippen LogP contribution in [0.2, 0.25) is 10.0 Å². The molecule has 0 bridgehead atoms. The zero-order valence-corrected chi connectivity index (χ0v) is 14.9. The third-order valence-corrected chi connectivity index (χ3v) is 6.19. The van der Waals surface area contributed by atoms with E-state index >= 15 is 0 Å². The predicted molar refractivity (Wildman–Crippen MR) is 93.5 cm³/mol. The minimum Gasteiger partial charge on any atom is -0.481 e. The van der Waals surface area contributed by atoms with Gasteiger partial charge < -0.3 is 10.0 Å². The molecule has 4 nitrogen and oxygen atoms in total. The van der Waals surface area contributed by atoms with Crippen molar-refractivity contribution in [3.05, 3.63) is 33.8 Å². The Bertz CT molecular complexity index is 650. The molecule has 6 heteroatoms. The number of benzene rings is 1. The molecule has 0 unspecified atom stereocenters. The Balaban J connectivity index is 1.73. The number of halogens is 2. The summed E-state index contributed by atoms with van der Waals surface area (Å²) >= 11 is 12.1. The molecule has 2 fully saturated rings. The number of carbonyl (C=O) groups is 2. The number of aliphatic carboxylic acids is 1. The van der Waals surface area contributed by atoms with Crippen LogP contribution in [0.1, 0.15) is 44.1 Å². The number of amides is 1. The summed E-state index contributed by atoms with van der Waals surface area (Å²) in [6.45, 7) is 1.28. The second-order valence-electron chi connectivity index (χ2n) is 6.90. The molecular formula is C18H21Cl2NO3. The van der Waals surface area contributed by atoms with E-state index in [2.05, 4.69) is 0 Å². The first-order valence-corrected chi connectivity index (χ1v) is 9.15. The SMILES string of the molecule is O=C(O)CC1CCN(C(=O)C2(c3ccc(Cl)c(Cl)c3)CCC2)CC1. The molecule has 0 aromatic heterocycles. The average molecular weight is 370 g/mol. The summed E-state index contributed by atoms with van der Waals surface area (Å²) in [5.74, 6) is -0.430.